The molecule has 1 amide bonds. The van der Waals surface area contributed by atoms with Crippen molar-refractivity contribution in [1.29, 1.82) is 0 Å². The topological polar surface area (TPSA) is 64.2 Å². The molecule has 8 nitrogen and oxygen atoms in total. The Hall–Kier alpha value is -3.74. The number of benzene rings is 2. The van der Waals surface area contributed by atoms with Gasteiger partial charge in [0.1, 0.15) is 5.82 Å². The summed E-state index contributed by atoms with van der Waals surface area (Å²) in [5.74, 6) is -1.65. The molecule has 0 bridgehead atoms. The van der Waals surface area contributed by atoms with Gasteiger partial charge in [-0.25, -0.2) is 9.37 Å². The van der Waals surface area contributed by atoms with Gasteiger partial charge in [-0.3, -0.25) is 9.69 Å². The van der Waals surface area contributed by atoms with Crippen LogP contribution in [0.3, 0.4) is 0 Å². The van der Waals surface area contributed by atoms with E-state index in [-0.39, 0.29) is 5.88 Å². The standard InChI is InChI=1S/C32H38F4N6O2/c1-39(2)23-9-10-41(20-23)19-21-5-7-27(33)24(15-21)22-6-8-29(42-13-11-40(3)12-14-42)28(16-22)38-31(43)25-18-37-30(44-4)17-26(25)32(34,35)36/h5-8,15-18,23H,9-14,19-20H2,1-4H3,(H,38,43). The van der Waals surface area contributed by atoms with E-state index in [0.29, 0.717) is 54.2 Å². The second-order valence-corrected chi connectivity index (χ2v) is 11.7. The fourth-order valence-corrected chi connectivity index (χ4v) is 5.81. The summed E-state index contributed by atoms with van der Waals surface area (Å²) in [6, 6.07) is 11.4. The molecule has 2 aromatic carbocycles. The maximum Gasteiger partial charge on any atom is 0.417 e. The lowest BCUT2D eigenvalue weighted by molar-refractivity contribution is -0.138. The average Bonchev–Trinajstić information content (AvgIpc) is 3.47. The van der Waals surface area contributed by atoms with E-state index >= 15 is 4.39 Å². The highest BCUT2D eigenvalue weighted by molar-refractivity contribution is 6.07. The van der Waals surface area contributed by atoms with E-state index in [1.807, 2.05) is 13.1 Å². The van der Waals surface area contributed by atoms with Crippen molar-refractivity contribution >= 4 is 17.3 Å². The zero-order valence-electron chi connectivity index (χ0n) is 25.4. The number of carbonyl (C=O) groups is 1. The summed E-state index contributed by atoms with van der Waals surface area (Å²) in [7, 11) is 7.36. The third-order valence-corrected chi connectivity index (χ3v) is 8.45. The van der Waals surface area contributed by atoms with Gasteiger partial charge in [0.05, 0.1) is 29.6 Å². The Labute approximate surface area is 255 Å². The van der Waals surface area contributed by atoms with Crippen molar-refractivity contribution in [2.24, 2.45) is 0 Å². The molecule has 5 rings (SSSR count). The number of likely N-dealkylation sites (tertiary alicyclic amines) is 1. The number of piperazine rings is 1. The van der Waals surface area contributed by atoms with Crippen molar-refractivity contribution in [3.63, 3.8) is 0 Å². The predicted octanol–water partition coefficient (Wildman–Crippen LogP) is 5.06. The van der Waals surface area contributed by atoms with Gasteiger partial charge in [0.15, 0.2) is 0 Å². The molecular weight excluding hydrogens is 576 g/mol. The molecule has 1 N–H and O–H groups in total. The first-order valence-corrected chi connectivity index (χ1v) is 14.6. The summed E-state index contributed by atoms with van der Waals surface area (Å²) in [5, 5.41) is 2.69. The highest BCUT2D eigenvalue weighted by Crippen LogP contribution is 2.37. The number of methoxy groups -OCH3 is 1. The largest absolute Gasteiger partial charge is 0.481 e. The number of alkyl halides is 3. The molecule has 12 heteroatoms. The number of halogens is 4. The van der Waals surface area contributed by atoms with Crippen LogP contribution in [-0.2, 0) is 12.7 Å². The van der Waals surface area contributed by atoms with Gasteiger partial charge in [0, 0.05) is 69.7 Å². The second kappa shape index (κ2) is 13.1. The summed E-state index contributed by atoms with van der Waals surface area (Å²) in [4.78, 5) is 26.0. The van der Waals surface area contributed by atoms with Crippen molar-refractivity contribution < 1.29 is 27.1 Å². The number of anilines is 2. The van der Waals surface area contributed by atoms with Crippen LogP contribution in [0.4, 0.5) is 28.9 Å². The summed E-state index contributed by atoms with van der Waals surface area (Å²) in [5.41, 5.74) is 0.961. The van der Waals surface area contributed by atoms with Crippen LogP contribution in [0, 0.1) is 5.82 Å². The van der Waals surface area contributed by atoms with Crippen LogP contribution in [-0.4, -0.2) is 99.2 Å². The van der Waals surface area contributed by atoms with Crippen molar-refractivity contribution in [2.45, 2.75) is 25.2 Å². The molecule has 1 atom stereocenters. The number of amides is 1. The first-order valence-electron chi connectivity index (χ1n) is 14.6. The number of nitrogens with zero attached hydrogens (tertiary/aromatic N) is 5. The number of rotatable bonds is 8. The molecular formula is C32H38F4N6O2. The molecule has 1 unspecified atom stereocenters. The number of hydrogen-bond donors (Lipinski definition) is 1. The average molecular weight is 615 g/mol. The van der Waals surface area contributed by atoms with Crippen LogP contribution in [0.2, 0.25) is 0 Å². The number of ether oxygens (including phenoxy) is 1. The summed E-state index contributed by atoms with van der Waals surface area (Å²) < 4.78 is 61.9. The molecule has 0 radical (unpaired) electrons. The Morgan fingerprint density at radius 1 is 1.07 bits per heavy atom. The summed E-state index contributed by atoms with van der Waals surface area (Å²) >= 11 is 0. The molecule has 2 fully saturated rings. The third-order valence-electron chi connectivity index (χ3n) is 8.45. The number of nitrogens with one attached hydrogen (secondary N) is 1. The zero-order chi connectivity index (χ0) is 31.6. The fraction of sp³-hybridized carbons (Fsp3) is 0.438. The van der Waals surface area contributed by atoms with E-state index in [4.69, 9.17) is 4.74 Å². The molecule has 3 aromatic rings. The van der Waals surface area contributed by atoms with E-state index in [0.717, 1.165) is 44.4 Å². The van der Waals surface area contributed by atoms with Gasteiger partial charge >= 0.3 is 6.18 Å². The number of hydrogen-bond acceptors (Lipinski definition) is 7. The van der Waals surface area contributed by atoms with Crippen molar-refractivity contribution in [2.75, 3.05) is 77.7 Å². The van der Waals surface area contributed by atoms with E-state index in [1.54, 1.807) is 24.3 Å². The Morgan fingerprint density at radius 2 is 1.82 bits per heavy atom. The van der Waals surface area contributed by atoms with Crippen LogP contribution in [0.15, 0.2) is 48.7 Å². The lowest BCUT2D eigenvalue weighted by Gasteiger charge is -2.35. The summed E-state index contributed by atoms with van der Waals surface area (Å²) in [6.07, 6.45) is -2.88. The van der Waals surface area contributed by atoms with Crippen LogP contribution in [0.1, 0.15) is 27.9 Å². The van der Waals surface area contributed by atoms with Gasteiger partial charge in [-0.1, -0.05) is 12.1 Å². The Kier molecular flexibility index (Phi) is 9.42. The minimum atomic E-state index is -4.81. The van der Waals surface area contributed by atoms with Crippen LogP contribution >= 0.6 is 0 Å². The highest BCUT2D eigenvalue weighted by Gasteiger charge is 2.36. The molecule has 2 aliphatic heterocycles. The van der Waals surface area contributed by atoms with Crippen LogP contribution in [0.25, 0.3) is 11.1 Å². The molecule has 2 saturated heterocycles. The molecule has 1 aromatic heterocycles. The molecule has 0 aliphatic carbocycles. The minimum Gasteiger partial charge on any atom is -0.481 e. The molecule has 2 aliphatic rings. The van der Waals surface area contributed by atoms with Crippen molar-refractivity contribution in [3.8, 4) is 17.0 Å². The van der Waals surface area contributed by atoms with E-state index in [1.165, 1.54) is 13.2 Å². The van der Waals surface area contributed by atoms with Gasteiger partial charge in [0.2, 0.25) is 5.88 Å². The number of aromatic nitrogens is 1. The highest BCUT2D eigenvalue weighted by atomic mass is 19.4. The quantitative estimate of drug-likeness (QED) is 0.356. The second-order valence-electron chi connectivity index (χ2n) is 11.7. The van der Waals surface area contributed by atoms with Gasteiger partial charge in [-0.15, -0.1) is 0 Å². The Morgan fingerprint density at radius 3 is 2.48 bits per heavy atom. The normalized spacial score (nSPS) is 18.2. The van der Waals surface area contributed by atoms with Gasteiger partial charge in [-0.05, 0) is 63.0 Å². The lowest BCUT2D eigenvalue weighted by atomic mass is 10.00. The monoisotopic (exact) mass is 614 g/mol. The van der Waals surface area contributed by atoms with E-state index in [9.17, 15) is 18.0 Å². The van der Waals surface area contributed by atoms with Crippen LogP contribution < -0.4 is 15.0 Å². The Bertz CT molecular complexity index is 1490. The zero-order valence-corrected chi connectivity index (χ0v) is 25.4. The van der Waals surface area contributed by atoms with Crippen LogP contribution in [0.5, 0.6) is 5.88 Å². The first-order chi connectivity index (χ1) is 20.9. The molecule has 0 spiro atoms. The van der Waals surface area contributed by atoms with E-state index in [2.05, 4.69) is 44.0 Å². The van der Waals surface area contributed by atoms with Gasteiger partial charge < -0.3 is 24.8 Å². The molecule has 0 saturated carbocycles. The number of likely N-dealkylation sites (N-methyl/N-ethyl adjacent to an activating group) is 2. The third kappa shape index (κ3) is 7.14. The number of pyridine rings is 1. The van der Waals surface area contributed by atoms with Gasteiger partial charge in [-0.2, -0.15) is 13.2 Å². The van der Waals surface area contributed by atoms with Crippen molar-refractivity contribution in [1.82, 2.24) is 19.7 Å². The smallest absolute Gasteiger partial charge is 0.417 e. The van der Waals surface area contributed by atoms with Gasteiger partial charge in [0.25, 0.3) is 5.91 Å². The molecule has 236 valence electrons. The summed E-state index contributed by atoms with van der Waals surface area (Å²) in [6.45, 7) is 5.41. The maximum absolute atomic E-state index is 15.3. The number of carbonyl (C=O) groups excluding carboxylic acids is 1. The lowest BCUT2D eigenvalue weighted by Crippen LogP contribution is -2.44. The predicted molar refractivity (Wildman–Crippen MR) is 163 cm³/mol. The van der Waals surface area contributed by atoms with E-state index < -0.39 is 29.0 Å². The molecule has 3 heterocycles. The first kappa shape index (κ1) is 31.7. The Balaban J connectivity index is 1.48. The minimum absolute atomic E-state index is 0.254. The SMILES string of the molecule is COc1cc(C(F)(F)F)c(C(=O)Nc2cc(-c3cc(CN4CCC(N(C)C)C4)ccc3F)ccc2N2CCN(C)CC2)cn1. The molecule has 44 heavy (non-hydrogen) atoms. The van der Waals surface area contributed by atoms with Crippen molar-refractivity contribution in [3.05, 3.63) is 71.2 Å². The fourth-order valence-electron chi connectivity index (χ4n) is 5.81. The maximum atomic E-state index is 15.3.